The number of fused-ring (bicyclic) bond motifs is 2. The van der Waals surface area contributed by atoms with E-state index in [4.69, 9.17) is 0 Å². The highest BCUT2D eigenvalue weighted by Gasteiger charge is 2.45. The normalized spacial score (nSPS) is 34.2. The highest BCUT2D eigenvalue weighted by atomic mass is 19.2. The Balaban J connectivity index is 1.97. The monoisotopic (exact) mass is 285 g/mol. The molecule has 2 unspecified atom stereocenters. The first-order chi connectivity index (χ1) is 9.40. The Morgan fingerprint density at radius 3 is 2.10 bits per heavy atom. The van der Waals surface area contributed by atoms with Gasteiger partial charge in [-0.05, 0) is 50.4 Å². The highest BCUT2D eigenvalue weighted by Crippen LogP contribution is 2.43. The van der Waals surface area contributed by atoms with Crippen LogP contribution in [0.2, 0.25) is 0 Å². The van der Waals surface area contributed by atoms with E-state index < -0.39 is 23.1 Å². The smallest absolute Gasteiger partial charge is 0.194 e. The molecule has 2 atom stereocenters. The second-order valence-corrected chi connectivity index (χ2v) is 6.10. The van der Waals surface area contributed by atoms with Gasteiger partial charge in [-0.15, -0.1) is 0 Å². The van der Waals surface area contributed by atoms with E-state index >= 15 is 0 Å². The van der Waals surface area contributed by atoms with Crippen LogP contribution in [0.25, 0.3) is 0 Å². The molecule has 1 aromatic carbocycles. The van der Waals surface area contributed by atoms with Crippen molar-refractivity contribution in [1.29, 1.82) is 0 Å². The van der Waals surface area contributed by atoms with Gasteiger partial charge in [-0.2, -0.15) is 0 Å². The first-order valence-electron chi connectivity index (χ1n) is 7.00. The SMILES string of the molecule is CN1C2CCCC1CC(O)(c1cc(F)c(F)c(F)c1)C2. The maximum absolute atomic E-state index is 13.4. The summed E-state index contributed by atoms with van der Waals surface area (Å²) in [6.07, 6.45) is 3.93. The molecule has 2 heterocycles. The molecule has 0 spiro atoms. The predicted molar refractivity (Wildman–Crippen MR) is 68.6 cm³/mol. The van der Waals surface area contributed by atoms with Gasteiger partial charge < -0.3 is 10.0 Å². The molecule has 0 radical (unpaired) electrons. The van der Waals surface area contributed by atoms with E-state index in [0.29, 0.717) is 12.8 Å². The van der Waals surface area contributed by atoms with Crippen molar-refractivity contribution < 1.29 is 18.3 Å². The number of hydrogen-bond donors (Lipinski definition) is 1. The molecular weight excluding hydrogens is 267 g/mol. The third kappa shape index (κ3) is 2.13. The molecule has 2 bridgehead atoms. The minimum absolute atomic E-state index is 0.152. The lowest BCUT2D eigenvalue weighted by molar-refractivity contribution is -0.0878. The fourth-order valence-corrected chi connectivity index (χ4v) is 3.71. The molecule has 3 rings (SSSR count). The molecule has 2 saturated heterocycles. The third-order valence-electron chi connectivity index (χ3n) is 4.89. The Morgan fingerprint density at radius 1 is 1.10 bits per heavy atom. The first-order valence-corrected chi connectivity index (χ1v) is 7.00. The zero-order valence-corrected chi connectivity index (χ0v) is 11.4. The van der Waals surface area contributed by atoms with E-state index in [-0.39, 0.29) is 17.6 Å². The van der Waals surface area contributed by atoms with Gasteiger partial charge in [0.05, 0.1) is 5.60 Å². The Kier molecular flexibility index (Phi) is 3.29. The van der Waals surface area contributed by atoms with Gasteiger partial charge in [0.25, 0.3) is 0 Å². The van der Waals surface area contributed by atoms with Gasteiger partial charge >= 0.3 is 0 Å². The van der Waals surface area contributed by atoms with Crippen LogP contribution < -0.4 is 0 Å². The minimum atomic E-state index is -1.48. The molecule has 0 aliphatic carbocycles. The lowest BCUT2D eigenvalue weighted by Crippen LogP contribution is -2.55. The number of piperidine rings is 2. The molecule has 2 nitrogen and oxygen atoms in total. The van der Waals surface area contributed by atoms with Crippen molar-refractivity contribution in [2.24, 2.45) is 0 Å². The molecular formula is C15H18F3NO. The van der Waals surface area contributed by atoms with E-state index in [1.165, 1.54) is 0 Å². The number of rotatable bonds is 1. The van der Waals surface area contributed by atoms with E-state index in [2.05, 4.69) is 4.90 Å². The average molecular weight is 285 g/mol. The van der Waals surface area contributed by atoms with Crippen molar-refractivity contribution in [2.75, 3.05) is 7.05 Å². The highest BCUT2D eigenvalue weighted by molar-refractivity contribution is 5.27. The summed E-state index contributed by atoms with van der Waals surface area (Å²) in [6.45, 7) is 0. The van der Waals surface area contributed by atoms with Crippen LogP contribution in [0, 0.1) is 17.5 Å². The maximum Gasteiger partial charge on any atom is 0.194 e. The van der Waals surface area contributed by atoms with Gasteiger partial charge in [0.2, 0.25) is 0 Å². The molecule has 2 fully saturated rings. The number of benzene rings is 1. The molecule has 2 aliphatic rings. The number of hydrogen-bond acceptors (Lipinski definition) is 2. The van der Waals surface area contributed by atoms with Crippen molar-refractivity contribution in [2.45, 2.75) is 49.8 Å². The molecule has 2 aliphatic heterocycles. The molecule has 5 heteroatoms. The molecule has 0 amide bonds. The average Bonchev–Trinajstić information content (AvgIpc) is 2.37. The largest absolute Gasteiger partial charge is 0.385 e. The summed E-state index contributed by atoms with van der Waals surface area (Å²) >= 11 is 0. The van der Waals surface area contributed by atoms with Crippen molar-refractivity contribution in [1.82, 2.24) is 4.90 Å². The summed E-state index contributed by atoms with van der Waals surface area (Å²) in [5, 5.41) is 10.8. The summed E-state index contributed by atoms with van der Waals surface area (Å²) < 4.78 is 39.8. The Labute approximate surface area is 116 Å². The van der Waals surface area contributed by atoms with Gasteiger partial charge in [0, 0.05) is 12.1 Å². The summed E-state index contributed by atoms with van der Waals surface area (Å²) in [5.41, 5.74) is -1.11. The summed E-state index contributed by atoms with van der Waals surface area (Å²) in [5.74, 6) is -3.96. The van der Waals surface area contributed by atoms with Crippen molar-refractivity contribution in [3.05, 3.63) is 35.1 Å². The first kappa shape index (κ1) is 13.9. The zero-order valence-electron chi connectivity index (χ0n) is 11.4. The van der Waals surface area contributed by atoms with Crippen molar-refractivity contribution in [3.63, 3.8) is 0 Å². The lowest BCUT2D eigenvalue weighted by Gasteiger charge is -2.50. The van der Waals surface area contributed by atoms with Crippen molar-refractivity contribution in [3.8, 4) is 0 Å². The second-order valence-electron chi connectivity index (χ2n) is 6.10. The van der Waals surface area contributed by atoms with E-state index in [1.807, 2.05) is 7.05 Å². The van der Waals surface area contributed by atoms with E-state index in [9.17, 15) is 18.3 Å². The fraction of sp³-hybridized carbons (Fsp3) is 0.600. The van der Waals surface area contributed by atoms with Crippen LogP contribution in [0.3, 0.4) is 0 Å². The number of halogens is 3. The van der Waals surface area contributed by atoms with Crippen LogP contribution in [0.15, 0.2) is 12.1 Å². The topological polar surface area (TPSA) is 23.5 Å². The van der Waals surface area contributed by atoms with Crippen LogP contribution in [0.1, 0.15) is 37.7 Å². The fourth-order valence-electron chi connectivity index (χ4n) is 3.71. The lowest BCUT2D eigenvalue weighted by atomic mass is 9.73. The zero-order chi connectivity index (χ0) is 14.5. The molecule has 110 valence electrons. The summed E-state index contributed by atoms with van der Waals surface area (Å²) in [7, 11) is 2.03. The van der Waals surface area contributed by atoms with Gasteiger partial charge in [-0.1, -0.05) is 6.42 Å². The molecule has 1 N–H and O–H groups in total. The molecule has 0 aromatic heterocycles. The van der Waals surface area contributed by atoms with Crippen LogP contribution in [0.4, 0.5) is 13.2 Å². The van der Waals surface area contributed by atoms with Crippen LogP contribution >= 0.6 is 0 Å². The summed E-state index contributed by atoms with van der Waals surface area (Å²) in [4.78, 5) is 2.24. The van der Waals surface area contributed by atoms with Crippen LogP contribution in [-0.2, 0) is 5.60 Å². The Bertz CT molecular complexity index is 497. The summed E-state index contributed by atoms with van der Waals surface area (Å²) in [6, 6.07) is 2.28. The standard InChI is InChI=1S/C15H18F3NO/c1-19-10-3-2-4-11(19)8-15(20,7-10)9-5-12(16)14(18)13(17)6-9/h5-6,10-11,20H,2-4,7-8H2,1H3. The molecule has 0 saturated carbocycles. The van der Waals surface area contributed by atoms with Crippen LogP contribution in [-0.4, -0.2) is 29.1 Å². The number of nitrogens with zero attached hydrogens (tertiary/aromatic N) is 1. The van der Waals surface area contributed by atoms with Gasteiger partial charge in [0.1, 0.15) is 0 Å². The molecule has 20 heavy (non-hydrogen) atoms. The second kappa shape index (κ2) is 4.74. The van der Waals surface area contributed by atoms with E-state index in [0.717, 1.165) is 31.4 Å². The number of aliphatic hydroxyl groups is 1. The predicted octanol–water partition coefficient (Wildman–Crippen LogP) is 2.94. The van der Waals surface area contributed by atoms with Crippen LogP contribution in [0.5, 0.6) is 0 Å². The molecule has 1 aromatic rings. The van der Waals surface area contributed by atoms with Gasteiger partial charge in [0.15, 0.2) is 17.5 Å². The Morgan fingerprint density at radius 2 is 1.60 bits per heavy atom. The van der Waals surface area contributed by atoms with Gasteiger partial charge in [-0.3, -0.25) is 0 Å². The van der Waals surface area contributed by atoms with Gasteiger partial charge in [-0.25, -0.2) is 13.2 Å². The Hall–Kier alpha value is -1.07. The quantitative estimate of drug-likeness (QED) is 0.802. The third-order valence-corrected chi connectivity index (χ3v) is 4.89. The minimum Gasteiger partial charge on any atom is -0.385 e. The maximum atomic E-state index is 13.4. The van der Waals surface area contributed by atoms with Crippen molar-refractivity contribution >= 4 is 0 Å². The van der Waals surface area contributed by atoms with E-state index in [1.54, 1.807) is 0 Å².